The molecule has 2 aliphatic heterocycles. The van der Waals surface area contributed by atoms with Crippen molar-refractivity contribution >= 4 is 12.2 Å². The molecule has 2 heterocycles. The van der Waals surface area contributed by atoms with Gasteiger partial charge in [0.25, 0.3) is 0 Å². The van der Waals surface area contributed by atoms with Gasteiger partial charge in [-0.25, -0.2) is 9.59 Å². The fraction of sp³-hybridized carbons (Fsp3) is 0.778. The predicted octanol–water partition coefficient (Wildman–Crippen LogP) is 0.321. The van der Waals surface area contributed by atoms with Gasteiger partial charge in [0.2, 0.25) is 0 Å². The van der Waals surface area contributed by atoms with E-state index in [1.54, 1.807) is 0 Å². The lowest BCUT2D eigenvalue weighted by atomic mass is 10.1. The third-order valence-electron chi connectivity index (χ3n) is 3.34. The zero-order valence-electron chi connectivity index (χ0n) is 8.87. The van der Waals surface area contributed by atoms with Crippen molar-refractivity contribution in [2.24, 2.45) is 5.92 Å². The summed E-state index contributed by atoms with van der Waals surface area (Å²) in [5.74, 6) is 0.0529. The molecule has 3 unspecified atom stereocenters. The van der Waals surface area contributed by atoms with Crippen LogP contribution in [0.2, 0.25) is 0 Å². The zero-order chi connectivity index (χ0) is 11.9. The van der Waals surface area contributed by atoms with Gasteiger partial charge in [-0.15, -0.1) is 0 Å². The van der Waals surface area contributed by atoms with E-state index in [1.807, 2.05) is 0 Å². The highest BCUT2D eigenvalue weighted by Gasteiger charge is 2.50. The normalized spacial score (nSPS) is 32.9. The Balaban J connectivity index is 2.13. The van der Waals surface area contributed by atoms with Crippen molar-refractivity contribution in [2.45, 2.75) is 18.7 Å². The first-order chi connectivity index (χ1) is 7.54. The van der Waals surface area contributed by atoms with Gasteiger partial charge in [-0.05, 0) is 6.42 Å². The average Bonchev–Trinajstić information content (AvgIpc) is 2.71. The van der Waals surface area contributed by atoms with E-state index >= 15 is 0 Å². The molecule has 0 saturated carbocycles. The fourth-order valence-corrected chi connectivity index (χ4v) is 2.62. The van der Waals surface area contributed by atoms with Crippen LogP contribution >= 0.6 is 0 Å². The number of methoxy groups -OCH3 is 1. The van der Waals surface area contributed by atoms with E-state index in [4.69, 9.17) is 14.9 Å². The molecule has 0 aromatic carbocycles. The summed E-state index contributed by atoms with van der Waals surface area (Å²) < 4.78 is 5.10. The van der Waals surface area contributed by atoms with Gasteiger partial charge in [-0.2, -0.15) is 0 Å². The van der Waals surface area contributed by atoms with Crippen molar-refractivity contribution < 1.29 is 24.5 Å². The minimum Gasteiger partial charge on any atom is -0.465 e. The highest BCUT2D eigenvalue weighted by atomic mass is 16.5. The summed E-state index contributed by atoms with van der Waals surface area (Å²) in [6.45, 7) is 0.635. The van der Waals surface area contributed by atoms with Crippen LogP contribution in [0.1, 0.15) is 6.42 Å². The zero-order valence-corrected chi connectivity index (χ0v) is 8.87. The van der Waals surface area contributed by atoms with Gasteiger partial charge in [-0.3, -0.25) is 4.90 Å². The van der Waals surface area contributed by atoms with Crippen LogP contribution in [0.3, 0.4) is 0 Å². The summed E-state index contributed by atoms with van der Waals surface area (Å²) in [4.78, 5) is 24.3. The molecule has 0 aromatic heterocycles. The number of rotatable bonds is 1. The maximum absolute atomic E-state index is 11.1. The first-order valence-corrected chi connectivity index (χ1v) is 5.06. The molecule has 16 heavy (non-hydrogen) atoms. The topological polar surface area (TPSA) is 90.3 Å². The second kappa shape index (κ2) is 3.82. The predicted molar refractivity (Wildman–Crippen MR) is 52.2 cm³/mol. The third-order valence-corrected chi connectivity index (χ3v) is 3.34. The maximum atomic E-state index is 11.1. The van der Waals surface area contributed by atoms with Crippen molar-refractivity contribution in [1.29, 1.82) is 0 Å². The van der Waals surface area contributed by atoms with Crippen LogP contribution in [-0.2, 0) is 4.74 Å². The lowest BCUT2D eigenvalue weighted by molar-refractivity contribution is -0.0119. The average molecular weight is 230 g/mol. The summed E-state index contributed by atoms with van der Waals surface area (Å²) in [6.07, 6.45) is -1.92. The molecule has 7 nitrogen and oxygen atoms in total. The van der Waals surface area contributed by atoms with Crippen LogP contribution in [0.25, 0.3) is 0 Å². The largest absolute Gasteiger partial charge is 0.465 e. The highest BCUT2D eigenvalue weighted by Crippen LogP contribution is 2.35. The Morgan fingerprint density at radius 2 is 1.94 bits per heavy atom. The summed E-state index contributed by atoms with van der Waals surface area (Å²) >= 11 is 0. The Hall–Kier alpha value is -1.50. The molecule has 2 saturated heterocycles. The van der Waals surface area contributed by atoms with Gasteiger partial charge in [0, 0.05) is 26.1 Å². The van der Waals surface area contributed by atoms with E-state index in [0.29, 0.717) is 13.0 Å². The highest BCUT2D eigenvalue weighted by molar-refractivity contribution is 5.68. The minimum absolute atomic E-state index is 0.0529. The van der Waals surface area contributed by atoms with Crippen LogP contribution in [0.4, 0.5) is 9.59 Å². The molecule has 0 aliphatic carbocycles. The number of amides is 2. The Kier molecular flexibility index (Phi) is 2.63. The third kappa shape index (κ3) is 1.57. The Labute approximate surface area is 92.2 Å². The first kappa shape index (κ1) is 11.0. The van der Waals surface area contributed by atoms with E-state index in [1.165, 1.54) is 16.9 Å². The van der Waals surface area contributed by atoms with Gasteiger partial charge in [0.15, 0.2) is 0 Å². The van der Waals surface area contributed by atoms with E-state index in [2.05, 4.69) is 0 Å². The SMILES string of the molecule is COC1CC2CN(C(=O)O)CC2N1C(=O)O. The number of fused-ring (bicyclic) bond motifs is 1. The number of hydrogen-bond acceptors (Lipinski definition) is 3. The summed E-state index contributed by atoms with van der Waals surface area (Å²) in [5.41, 5.74) is 0. The smallest absolute Gasteiger partial charge is 0.409 e. The van der Waals surface area contributed by atoms with Crippen LogP contribution in [0.15, 0.2) is 0 Å². The van der Waals surface area contributed by atoms with Crippen molar-refractivity contribution in [3.05, 3.63) is 0 Å². The molecule has 0 spiro atoms. The molecule has 2 rings (SSSR count). The lowest BCUT2D eigenvalue weighted by Gasteiger charge is -2.26. The number of carbonyl (C=O) groups is 2. The van der Waals surface area contributed by atoms with Crippen molar-refractivity contribution in [1.82, 2.24) is 9.80 Å². The molecule has 2 aliphatic rings. The van der Waals surface area contributed by atoms with Crippen LogP contribution in [-0.4, -0.2) is 64.7 Å². The fourth-order valence-electron chi connectivity index (χ4n) is 2.62. The Morgan fingerprint density at radius 1 is 1.25 bits per heavy atom. The molecule has 2 N–H and O–H groups in total. The maximum Gasteiger partial charge on any atom is 0.409 e. The molecule has 3 atom stereocenters. The summed E-state index contributed by atoms with van der Waals surface area (Å²) in [7, 11) is 1.47. The quantitative estimate of drug-likeness (QED) is 0.677. The number of nitrogens with zero attached hydrogens (tertiary/aromatic N) is 2. The molecule has 2 fully saturated rings. The Bertz CT molecular complexity index is 321. The molecular weight excluding hydrogens is 216 g/mol. The van der Waals surface area contributed by atoms with E-state index < -0.39 is 18.4 Å². The van der Waals surface area contributed by atoms with Gasteiger partial charge >= 0.3 is 12.2 Å². The van der Waals surface area contributed by atoms with Gasteiger partial charge in [-0.1, -0.05) is 0 Å². The van der Waals surface area contributed by atoms with Gasteiger partial charge in [0.1, 0.15) is 6.23 Å². The standard InChI is InChI=1S/C9H14N2O5/c1-16-7-2-5-3-10(8(12)13)4-6(5)11(7)9(14)15/h5-7H,2-4H2,1H3,(H,12,13)(H,14,15). The Morgan fingerprint density at radius 3 is 2.44 bits per heavy atom. The van der Waals surface area contributed by atoms with Crippen LogP contribution < -0.4 is 0 Å². The molecule has 0 bridgehead atoms. The number of hydrogen-bond donors (Lipinski definition) is 2. The number of likely N-dealkylation sites (tertiary alicyclic amines) is 2. The van der Waals surface area contributed by atoms with Crippen LogP contribution in [0.5, 0.6) is 0 Å². The van der Waals surface area contributed by atoms with Crippen molar-refractivity contribution in [3.8, 4) is 0 Å². The van der Waals surface area contributed by atoms with Crippen LogP contribution in [0, 0.1) is 5.92 Å². The summed E-state index contributed by atoms with van der Waals surface area (Å²) in [6, 6.07) is -0.265. The van der Waals surface area contributed by atoms with Gasteiger partial charge in [0.05, 0.1) is 6.04 Å². The van der Waals surface area contributed by atoms with Crippen molar-refractivity contribution in [2.75, 3.05) is 20.2 Å². The number of carboxylic acid groups (broad SMARTS) is 2. The second-order valence-corrected chi connectivity index (χ2v) is 4.13. The van der Waals surface area contributed by atoms with E-state index in [0.717, 1.165) is 0 Å². The van der Waals surface area contributed by atoms with E-state index in [-0.39, 0.29) is 18.5 Å². The molecule has 0 aromatic rings. The number of ether oxygens (including phenoxy) is 1. The molecule has 7 heteroatoms. The summed E-state index contributed by atoms with van der Waals surface area (Å²) in [5, 5.41) is 17.9. The second-order valence-electron chi connectivity index (χ2n) is 4.13. The molecule has 0 radical (unpaired) electrons. The molecular formula is C9H14N2O5. The monoisotopic (exact) mass is 230 g/mol. The van der Waals surface area contributed by atoms with Crippen molar-refractivity contribution in [3.63, 3.8) is 0 Å². The first-order valence-electron chi connectivity index (χ1n) is 5.06. The lowest BCUT2D eigenvalue weighted by Crippen LogP contribution is -2.44. The molecule has 2 amide bonds. The molecule has 90 valence electrons. The minimum atomic E-state index is -1.05. The van der Waals surface area contributed by atoms with E-state index in [9.17, 15) is 9.59 Å². The van der Waals surface area contributed by atoms with Gasteiger partial charge < -0.3 is 19.8 Å².